The molecular formula is C27H27N3O2S. The summed E-state index contributed by atoms with van der Waals surface area (Å²) >= 11 is 1.31. The monoisotopic (exact) mass is 457 g/mol. The SMILES string of the molecule is CCCn1c(SC(C(=O)Nc2cc(C)ccc2C)c2ccccc2)nc2ccccc2c1=O. The Bertz CT molecular complexity index is 1350. The number of benzene rings is 3. The molecule has 0 aliphatic heterocycles. The van der Waals surface area contributed by atoms with E-state index in [0.717, 1.165) is 28.8 Å². The molecule has 1 aromatic heterocycles. The van der Waals surface area contributed by atoms with E-state index in [1.54, 1.807) is 10.6 Å². The topological polar surface area (TPSA) is 64.0 Å². The molecule has 168 valence electrons. The van der Waals surface area contributed by atoms with Crippen LogP contribution in [0, 0.1) is 13.8 Å². The highest BCUT2D eigenvalue weighted by Crippen LogP contribution is 2.36. The number of rotatable bonds is 7. The van der Waals surface area contributed by atoms with E-state index in [2.05, 4.69) is 5.32 Å². The van der Waals surface area contributed by atoms with Gasteiger partial charge in [0.15, 0.2) is 5.16 Å². The highest BCUT2D eigenvalue weighted by molar-refractivity contribution is 8.00. The van der Waals surface area contributed by atoms with Gasteiger partial charge in [-0.15, -0.1) is 0 Å². The van der Waals surface area contributed by atoms with E-state index in [9.17, 15) is 9.59 Å². The molecule has 1 heterocycles. The van der Waals surface area contributed by atoms with Crippen molar-refractivity contribution >= 4 is 34.3 Å². The van der Waals surface area contributed by atoms with Crippen molar-refractivity contribution in [3.63, 3.8) is 0 Å². The molecule has 4 aromatic rings. The molecule has 0 bridgehead atoms. The molecule has 3 aromatic carbocycles. The Morgan fingerprint density at radius 3 is 2.52 bits per heavy atom. The number of para-hydroxylation sites is 1. The maximum Gasteiger partial charge on any atom is 0.262 e. The zero-order valence-electron chi connectivity index (χ0n) is 19.0. The van der Waals surface area contributed by atoms with Crippen molar-refractivity contribution in [1.29, 1.82) is 0 Å². The van der Waals surface area contributed by atoms with Crippen LogP contribution in [0.25, 0.3) is 10.9 Å². The second-order valence-electron chi connectivity index (χ2n) is 8.08. The first-order chi connectivity index (χ1) is 16.0. The molecule has 0 spiro atoms. The van der Waals surface area contributed by atoms with Crippen LogP contribution in [0.3, 0.4) is 0 Å². The molecule has 5 nitrogen and oxygen atoms in total. The molecule has 6 heteroatoms. The van der Waals surface area contributed by atoms with Gasteiger partial charge in [-0.2, -0.15) is 0 Å². The summed E-state index contributed by atoms with van der Waals surface area (Å²) in [5.41, 5.74) is 4.28. The molecular weight excluding hydrogens is 430 g/mol. The molecule has 0 aliphatic carbocycles. The fourth-order valence-corrected chi connectivity index (χ4v) is 4.86. The predicted octanol–water partition coefficient (Wildman–Crippen LogP) is 5.90. The summed E-state index contributed by atoms with van der Waals surface area (Å²) in [7, 11) is 0. The van der Waals surface area contributed by atoms with Crippen molar-refractivity contribution in [2.24, 2.45) is 0 Å². The number of aromatic nitrogens is 2. The fraction of sp³-hybridized carbons (Fsp3) is 0.222. The number of nitrogens with one attached hydrogen (secondary N) is 1. The smallest absolute Gasteiger partial charge is 0.262 e. The van der Waals surface area contributed by atoms with Crippen LogP contribution in [0.1, 0.15) is 35.3 Å². The first-order valence-electron chi connectivity index (χ1n) is 11.1. The van der Waals surface area contributed by atoms with Crippen LogP contribution in [0.2, 0.25) is 0 Å². The summed E-state index contributed by atoms with van der Waals surface area (Å²) in [5, 5.41) is 3.67. The number of thioether (sulfide) groups is 1. The minimum atomic E-state index is -0.567. The van der Waals surface area contributed by atoms with Crippen molar-refractivity contribution in [3.8, 4) is 0 Å². The van der Waals surface area contributed by atoms with Gasteiger partial charge < -0.3 is 5.32 Å². The summed E-state index contributed by atoms with van der Waals surface area (Å²) in [6, 6.07) is 23.0. The van der Waals surface area contributed by atoms with E-state index in [4.69, 9.17) is 4.98 Å². The van der Waals surface area contributed by atoms with Crippen LogP contribution in [-0.4, -0.2) is 15.5 Å². The number of anilines is 1. The number of aryl methyl sites for hydroxylation is 2. The number of hydrogen-bond donors (Lipinski definition) is 1. The lowest BCUT2D eigenvalue weighted by molar-refractivity contribution is -0.115. The maximum atomic E-state index is 13.6. The third kappa shape index (κ3) is 5.01. The normalized spacial score (nSPS) is 12.0. The van der Waals surface area contributed by atoms with E-state index in [-0.39, 0.29) is 11.5 Å². The fourth-order valence-electron chi connectivity index (χ4n) is 3.73. The average Bonchev–Trinajstić information content (AvgIpc) is 2.82. The molecule has 1 amide bonds. The number of carbonyl (C=O) groups is 1. The molecule has 33 heavy (non-hydrogen) atoms. The number of fused-ring (bicyclic) bond motifs is 1. The Morgan fingerprint density at radius 1 is 1.03 bits per heavy atom. The Balaban J connectivity index is 1.77. The van der Waals surface area contributed by atoms with Crippen LogP contribution in [0.4, 0.5) is 5.69 Å². The lowest BCUT2D eigenvalue weighted by atomic mass is 10.1. The van der Waals surface area contributed by atoms with Crippen molar-refractivity contribution in [2.75, 3.05) is 5.32 Å². The third-order valence-electron chi connectivity index (χ3n) is 5.49. The Hall–Kier alpha value is -3.38. The van der Waals surface area contributed by atoms with Gasteiger partial charge in [-0.25, -0.2) is 4.98 Å². The predicted molar refractivity (Wildman–Crippen MR) is 136 cm³/mol. The van der Waals surface area contributed by atoms with Crippen LogP contribution in [-0.2, 0) is 11.3 Å². The number of amides is 1. The standard InChI is InChI=1S/C27H27N3O2S/c1-4-16-30-26(32)21-12-8-9-13-22(21)29-27(30)33-24(20-10-6-5-7-11-20)25(31)28-23-17-18(2)14-15-19(23)3/h5-15,17,24H,4,16H2,1-3H3,(H,28,31). The van der Waals surface area contributed by atoms with Crippen molar-refractivity contribution in [3.05, 3.63) is 99.8 Å². The van der Waals surface area contributed by atoms with E-state index in [0.29, 0.717) is 22.6 Å². The average molecular weight is 458 g/mol. The highest BCUT2D eigenvalue weighted by Gasteiger charge is 2.25. The number of nitrogens with zero attached hydrogens (tertiary/aromatic N) is 2. The molecule has 0 fully saturated rings. The minimum absolute atomic E-state index is 0.0771. The highest BCUT2D eigenvalue weighted by atomic mass is 32.2. The van der Waals surface area contributed by atoms with Gasteiger partial charge >= 0.3 is 0 Å². The van der Waals surface area contributed by atoms with Crippen molar-refractivity contribution in [1.82, 2.24) is 9.55 Å². The summed E-state index contributed by atoms with van der Waals surface area (Å²) in [6.45, 7) is 6.54. The quantitative estimate of drug-likeness (QED) is 0.277. The maximum absolute atomic E-state index is 13.6. The van der Waals surface area contributed by atoms with Gasteiger partial charge in [-0.1, -0.05) is 73.3 Å². The van der Waals surface area contributed by atoms with Crippen LogP contribution in [0.5, 0.6) is 0 Å². The van der Waals surface area contributed by atoms with Crippen LogP contribution < -0.4 is 10.9 Å². The summed E-state index contributed by atoms with van der Waals surface area (Å²) < 4.78 is 1.69. The third-order valence-corrected chi connectivity index (χ3v) is 6.73. The van der Waals surface area contributed by atoms with Crippen molar-refractivity contribution < 1.29 is 4.79 Å². The minimum Gasteiger partial charge on any atom is -0.325 e. The van der Waals surface area contributed by atoms with Crippen LogP contribution in [0.15, 0.2) is 82.7 Å². The Morgan fingerprint density at radius 2 is 1.76 bits per heavy atom. The Labute approximate surface area is 197 Å². The second-order valence-corrected chi connectivity index (χ2v) is 9.16. The van der Waals surface area contributed by atoms with Crippen LogP contribution >= 0.6 is 11.8 Å². The van der Waals surface area contributed by atoms with Gasteiger partial charge in [0.05, 0.1) is 10.9 Å². The van der Waals surface area contributed by atoms with E-state index in [1.165, 1.54) is 11.8 Å². The van der Waals surface area contributed by atoms with Crippen molar-refractivity contribution in [2.45, 2.75) is 44.1 Å². The van der Waals surface area contributed by atoms with Gasteiger partial charge in [0.2, 0.25) is 5.91 Å². The molecule has 0 aliphatic rings. The second kappa shape index (κ2) is 10.0. The van der Waals surface area contributed by atoms with E-state index in [1.807, 2.05) is 87.5 Å². The first-order valence-corrected chi connectivity index (χ1v) is 11.9. The zero-order valence-corrected chi connectivity index (χ0v) is 19.9. The molecule has 1 atom stereocenters. The summed E-state index contributed by atoms with van der Waals surface area (Å²) in [4.78, 5) is 31.5. The van der Waals surface area contributed by atoms with Gasteiger partial charge in [-0.05, 0) is 55.2 Å². The number of carbonyl (C=O) groups excluding carboxylic acids is 1. The van der Waals surface area contributed by atoms with Gasteiger partial charge in [-0.3, -0.25) is 14.2 Å². The van der Waals surface area contributed by atoms with Gasteiger partial charge in [0.1, 0.15) is 5.25 Å². The van der Waals surface area contributed by atoms with E-state index < -0.39 is 5.25 Å². The Kier molecular flexibility index (Phi) is 6.94. The van der Waals surface area contributed by atoms with Gasteiger partial charge in [0.25, 0.3) is 5.56 Å². The molecule has 1 unspecified atom stereocenters. The summed E-state index contributed by atoms with van der Waals surface area (Å²) in [6.07, 6.45) is 0.790. The lowest BCUT2D eigenvalue weighted by Gasteiger charge is -2.20. The lowest BCUT2D eigenvalue weighted by Crippen LogP contribution is -2.25. The molecule has 0 radical (unpaired) electrons. The largest absolute Gasteiger partial charge is 0.325 e. The molecule has 4 rings (SSSR count). The van der Waals surface area contributed by atoms with Gasteiger partial charge in [0, 0.05) is 12.2 Å². The summed E-state index contributed by atoms with van der Waals surface area (Å²) in [5.74, 6) is -0.148. The number of hydrogen-bond acceptors (Lipinski definition) is 4. The zero-order chi connectivity index (χ0) is 23.4. The molecule has 1 N–H and O–H groups in total. The van der Waals surface area contributed by atoms with E-state index >= 15 is 0 Å². The molecule has 0 saturated carbocycles. The molecule has 0 saturated heterocycles. The first kappa shape index (κ1) is 22.8.